The molecule has 0 spiro atoms. The first kappa shape index (κ1) is 14.4. The van der Waals surface area contributed by atoms with Crippen LogP contribution in [0.5, 0.6) is 0 Å². The summed E-state index contributed by atoms with van der Waals surface area (Å²) in [6, 6.07) is 2.37. The first-order valence-electron chi connectivity index (χ1n) is 7.39. The number of likely N-dealkylation sites (tertiary alicyclic amines) is 1. The molecule has 1 aromatic rings. The van der Waals surface area contributed by atoms with Gasteiger partial charge in [-0.2, -0.15) is 0 Å². The van der Waals surface area contributed by atoms with Crippen molar-refractivity contribution in [3.8, 4) is 0 Å². The highest BCUT2D eigenvalue weighted by atomic mass is 32.2. The number of fused-ring (bicyclic) bond motifs is 1. The molecule has 0 aliphatic carbocycles. The van der Waals surface area contributed by atoms with Crippen LogP contribution in [0.3, 0.4) is 0 Å². The number of carbonyl (C=O) groups excluding carboxylic acids is 1. The van der Waals surface area contributed by atoms with E-state index in [4.69, 9.17) is 5.73 Å². The van der Waals surface area contributed by atoms with Crippen molar-refractivity contribution in [3.63, 3.8) is 0 Å². The van der Waals surface area contributed by atoms with Crippen LogP contribution < -0.4 is 5.73 Å². The lowest BCUT2D eigenvalue weighted by Crippen LogP contribution is -2.50. The van der Waals surface area contributed by atoms with Gasteiger partial charge in [-0.15, -0.1) is 23.1 Å². The van der Waals surface area contributed by atoms with Gasteiger partial charge in [-0.05, 0) is 47.9 Å². The van der Waals surface area contributed by atoms with Crippen LogP contribution in [0.1, 0.15) is 35.5 Å². The van der Waals surface area contributed by atoms with Gasteiger partial charge in [0.25, 0.3) is 0 Å². The Bertz CT molecular complexity index is 488. The minimum absolute atomic E-state index is 0.00690. The maximum atomic E-state index is 12.9. The van der Waals surface area contributed by atoms with E-state index in [9.17, 15) is 4.79 Å². The van der Waals surface area contributed by atoms with Gasteiger partial charge in [0.05, 0.1) is 0 Å². The molecular weight excluding hydrogens is 288 g/mol. The molecule has 3 rings (SSSR count). The quantitative estimate of drug-likeness (QED) is 0.913. The van der Waals surface area contributed by atoms with Gasteiger partial charge in [0.15, 0.2) is 0 Å². The van der Waals surface area contributed by atoms with E-state index in [2.05, 4.69) is 23.3 Å². The number of hydrogen-bond acceptors (Lipinski definition) is 4. The van der Waals surface area contributed by atoms with Crippen LogP contribution in [0.2, 0.25) is 0 Å². The van der Waals surface area contributed by atoms with Crippen molar-refractivity contribution in [2.24, 2.45) is 11.7 Å². The average Bonchev–Trinajstić information content (AvgIpc) is 2.94. The number of rotatable bonds is 2. The van der Waals surface area contributed by atoms with Gasteiger partial charge in [-0.25, -0.2) is 0 Å². The van der Waals surface area contributed by atoms with E-state index in [1.165, 1.54) is 10.4 Å². The highest BCUT2D eigenvalue weighted by molar-refractivity contribution is 8.00. The summed E-state index contributed by atoms with van der Waals surface area (Å²) < 4.78 is 0. The number of hydrogen-bond donors (Lipinski definition) is 1. The predicted octanol–water partition coefficient (Wildman–Crippen LogP) is 2.66. The van der Waals surface area contributed by atoms with Crippen LogP contribution in [0, 0.1) is 5.92 Å². The minimum Gasteiger partial charge on any atom is -0.337 e. The molecule has 0 bridgehead atoms. The second kappa shape index (κ2) is 6.08. The van der Waals surface area contributed by atoms with Crippen LogP contribution in [0.15, 0.2) is 11.4 Å². The molecular formula is C15H22N2OS2. The Morgan fingerprint density at radius 2 is 2.40 bits per heavy atom. The molecule has 0 aromatic carbocycles. The Balaban J connectivity index is 1.79. The molecule has 1 aromatic heterocycles. The van der Waals surface area contributed by atoms with Crippen molar-refractivity contribution in [1.29, 1.82) is 0 Å². The number of thioether (sulfide) groups is 1. The Kier molecular flexibility index (Phi) is 4.38. The maximum absolute atomic E-state index is 12.9. The van der Waals surface area contributed by atoms with Crippen LogP contribution in [0.4, 0.5) is 0 Å². The van der Waals surface area contributed by atoms with Crippen LogP contribution in [-0.2, 0) is 11.2 Å². The number of nitrogens with two attached hydrogens (primary N) is 1. The van der Waals surface area contributed by atoms with E-state index in [-0.39, 0.29) is 17.2 Å². The lowest BCUT2D eigenvalue weighted by atomic mass is 9.92. The molecule has 3 nitrogen and oxygen atoms in total. The highest BCUT2D eigenvalue weighted by Gasteiger charge is 2.36. The molecule has 5 heteroatoms. The number of thiophene rings is 1. The molecule has 0 radical (unpaired) electrons. The molecule has 20 heavy (non-hydrogen) atoms. The smallest absolute Gasteiger partial charge is 0.240 e. The van der Waals surface area contributed by atoms with Gasteiger partial charge in [0.1, 0.15) is 5.25 Å². The third-order valence-corrected chi connectivity index (χ3v) is 6.66. The molecule has 3 heterocycles. The van der Waals surface area contributed by atoms with Gasteiger partial charge < -0.3 is 10.6 Å². The summed E-state index contributed by atoms with van der Waals surface area (Å²) in [6.45, 7) is 3.72. The molecule has 3 unspecified atom stereocenters. The van der Waals surface area contributed by atoms with E-state index < -0.39 is 0 Å². The van der Waals surface area contributed by atoms with Crippen molar-refractivity contribution in [2.45, 2.75) is 37.5 Å². The van der Waals surface area contributed by atoms with Crippen LogP contribution >= 0.6 is 23.1 Å². The number of carbonyl (C=O) groups is 1. The number of amides is 1. The Morgan fingerprint density at radius 3 is 3.20 bits per heavy atom. The summed E-state index contributed by atoms with van der Waals surface area (Å²) in [4.78, 5) is 16.4. The van der Waals surface area contributed by atoms with Crippen molar-refractivity contribution < 1.29 is 4.79 Å². The predicted molar refractivity (Wildman–Crippen MR) is 86.2 cm³/mol. The second-order valence-corrected chi connectivity index (χ2v) is 8.06. The van der Waals surface area contributed by atoms with Gasteiger partial charge in [0.2, 0.25) is 5.91 Å². The zero-order valence-corrected chi connectivity index (χ0v) is 13.5. The standard InChI is InChI=1S/C15H22N2OS2/c1-10-2-5-17(11(8-10)9-16)15(18)14-12-3-6-19-13(12)4-7-20-14/h3,6,10-11,14H,2,4-5,7-9,16H2,1H3. The molecule has 1 amide bonds. The van der Waals surface area contributed by atoms with Gasteiger partial charge in [-0.3, -0.25) is 4.79 Å². The van der Waals surface area contributed by atoms with E-state index in [1.54, 1.807) is 23.1 Å². The Labute approximate surface area is 128 Å². The molecule has 3 atom stereocenters. The highest BCUT2D eigenvalue weighted by Crippen LogP contribution is 2.41. The fourth-order valence-corrected chi connectivity index (χ4v) is 5.63. The summed E-state index contributed by atoms with van der Waals surface area (Å²) in [5, 5.41) is 2.13. The summed E-state index contributed by atoms with van der Waals surface area (Å²) in [5.74, 6) is 2.03. The third kappa shape index (κ3) is 2.63. The first-order chi connectivity index (χ1) is 9.70. The van der Waals surface area contributed by atoms with E-state index in [0.29, 0.717) is 12.5 Å². The summed E-state index contributed by atoms with van der Waals surface area (Å²) in [7, 11) is 0. The Morgan fingerprint density at radius 1 is 1.55 bits per heavy atom. The topological polar surface area (TPSA) is 46.3 Å². The van der Waals surface area contributed by atoms with Gasteiger partial charge in [0, 0.05) is 24.0 Å². The lowest BCUT2D eigenvalue weighted by molar-refractivity contribution is -0.134. The SMILES string of the molecule is CC1CCN(C(=O)C2SCCc3sccc32)C(CN)C1. The van der Waals surface area contributed by atoms with E-state index in [0.717, 1.165) is 31.6 Å². The van der Waals surface area contributed by atoms with E-state index in [1.807, 2.05) is 0 Å². The molecule has 2 N–H and O–H groups in total. The molecule has 2 aliphatic rings. The van der Waals surface area contributed by atoms with Gasteiger partial charge >= 0.3 is 0 Å². The van der Waals surface area contributed by atoms with Crippen LogP contribution in [0.25, 0.3) is 0 Å². The number of piperidine rings is 1. The fourth-order valence-electron chi connectivity index (χ4n) is 3.27. The fraction of sp³-hybridized carbons (Fsp3) is 0.667. The average molecular weight is 310 g/mol. The van der Waals surface area contributed by atoms with E-state index >= 15 is 0 Å². The maximum Gasteiger partial charge on any atom is 0.240 e. The zero-order valence-electron chi connectivity index (χ0n) is 11.9. The summed E-state index contributed by atoms with van der Waals surface area (Å²) in [5.41, 5.74) is 7.15. The molecule has 1 fully saturated rings. The molecule has 110 valence electrons. The molecule has 2 aliphatic heterocycles. The largest absolute Gasteiger partial charge is 0.337 e. The normalized spacial score (nSPS) is 30.1. The summed E-state index contributed by atoms with van der Waals surface area (Å²) in [6.07, 6.45) is 3.27. The first-order valence-corrected chi connectivity index (χ1v) is 9.32. The van der Waals surface area contributed by atoms with Crippen molar-refractivity contribution in [2.75, 3.05) is 18.8 Å². The number of nitrogens with zero attached hydrogens (tertiary/aromatic N) is 1. The Hall–Kier alpha value is -0.520. The van der Waals surface area contributed by atoms with Crippen molar-refractivity contribution in [3.05, 3.63) is 21.9 Å². The number of aryl methyl sites for hydroxylation is 1. The molecule has 1 saturated heterocycles. The van der Waals surface area contributed by atoms with Gasteiger partial charge in [-0.1, -0.05) is 6.92 Å². The third-order valence-electron chi connectivity index (χ3n) is 4.43. The van der Waals surface area contributed by atoms with Crippen molar-refractivity contribution >= 4 is 29.0 Å². The molecule has 0 saturated carbocycles. The minimum atomic E-state index is 0.00690. The van der Waals surface area contributed by atoms with Crippen molar-refractivity contribution in [1.82, 2.24) is 4.90 Å². The zero-order chi connectivity index (χ0) is 14.1. The summed E-state index contributed by atoms with van der Waals surface area (Å²) >= 11 is 3.59. The van der Waals surface area contributed by atoms with Crippen LogP contribution in [-0.4, -0.2) is 35.7 Å². The second-order valence-electron chi connectivity index (χ2n) is 5.85. The monoisotopic (exact) mass is 310 g/mol. The lowest BCUT2D eigenvalue weighted by Gasteiger charge is -2.40.